The minimum absolute atomic E-state index is 0.641. The highest BCUT2D eigenvalue weighted by Gasteiger charge is 2.59. The zero-order valence-electron chi connectivity index (χ0n) is 9.03. The third kappa shape index (κ3) is 2.06. The molecule has 1 fully saturated rings. The number of rotatable bonds is 2. The van der Waals surface area contributed by atoms with Crippen molar-refractivity contribution in [3.05, 3.63) is 12.3 Å². The fourth-order valence-corrected chi connectivity index (χ4v) is 2.09. The molecule has 2 aliphatic rings. The predicted molar refractivity (Wildman–Crippen MR) is 57.0 cm³/mol. The number of aliphatic hydroxyl groups is 3. The van der Waals surface area contributed by atoms with Crippen LogP contribution < -0.4 is 5.32 Å². The van der Waals surface area contributed by atoms with Crippen LogP contribution in [0.3, 0.4) is 0 Å². The van der Waals surface area contributed by atoms with Gasteiger partial charge in [-0.15, -0.1) is 0 Å². The Morgan fingerprint density at radius 3 is 2.78 bits per heavy atom. The minimum atomic E-state index is -2.75. The largest absolute Gasteiger partial charge is 0.394 e. The summed E-state index contributed by atoms with van der Waals surface area (Å²) in [5.41, 5.74) is 0. The van der Waals surface area contributed by atoms with Gasteiger partial charge in [-0.2, -0.15) is 0 Å². The van der Waals surface area contributed by atoms with Crippen LogP contribution in [0.15, 0.2) is 12.3 Å². The van der Waals surface area contributed by atoms with E-state index in [-0.39, 0.29) is 0 Å². The zero-order chi connectivity index (χ0) is 13.5. The summed E-state index contributed by atoms with van der Waals surface area (Å²) < 4.78 is 19.1. The van der Waals surface area contributed by atoms with Gasteiger partial charge in [-0.1, -0.05) is 11.6 Å². The molecular formula is C9H12ClFN2O5. The highest BCUT2D eigenvalue weighted by atomic mass is 35.5. The summed E-state index contributed by atoms with van der Waals surface area (Å²) >= 11 is 5.52. The first-order valence-corrected chi connectivity index (χ1v) is 5.53. The summed E-state index contributed by atoms with van der Waals surface area (Å²) in [4.78, 5) is 12.3. The Balaban J connectivity index is 2.23. The number of carbonyl (C=O) groups excluding carboxylic acids is 1. The van der Waals surface area contributed by atoms with Gasteiger partial charge in [0, 0.05) is 6.20 Å². The number of nitrogens with one attached hydrogen (secondary N) is 1. The summed E-state index contributed by atoms with van der Waals surface area (Å²) in [6, 6.07) is -0.830. The number of carbonyl (C=O) groups is 1. The summed E-state index contributed by atoms with van der Waals surface area (Å²) in [6.07, 6.45) is -3.52. The summed E-state index contributed by atoms with van der Waals surface area (Å²) in [5, 5.41) is 26.9. The molecule has 18 heavy (non-hydrogen) atoms. The number of alkyl halides is 2. The van der Waals surface area contributed by atoms with Crippen molar-refractivity contribution >= 4 is 17.6 Å². The van der Waals surface area contributed by atoms with Crippen molar-refractivity contribution in [1.29, 1.82) is 0 Å². The minimum Gasteiger partial charge on any atom is -0.394 e. The molecule has 0 aromatic rings. The maximum Gasteiger partial charge on any atom is 0.325 e. The molecular weight excluding hydrogens is 271 g/mol. The zero-order valence-corrected chi connectivity index (χ0v) is 9.79. The van der Waals surface area contributed by atoms with Crippen LogP contribution in [-0.2, 0) is 4.74 Å². The number of urea groups is 1. The molecule has 2 aliphatic heterocycles. The molecule has 0 aromatic heterocycles. The van der Waals surface area contributed by atoms with E-state index in [4.69, 9.17) is 26.6 Å². The SMILES string of the molecule is O=C1NC(O)C=CN1[C@@H]1O[C@H](CO)[C@@H](O)[C@]1(F)Cl. The van der Waals surface area contributed by atoms with Gasteiger partial charge >= 0.3 is 6.03 Å². The average molecular weight is 283 g/mol. The lowest BCUT2D eigenvalue weighted by Gasteiger charge is -2.33. The van der Waals surface area contributed by atoms with E-state index in [2.05, 4.69) is 5.32 Å². The fraction of sp³-hybridized carbons (Fsp3) is 0.667. The monoisotopic (exact) mass is 282 g/mol. The van der Waals surface area contributed by atoms with Crippen LogP contribution in [0.2, 0.25) is 0 Å². The van der Waals surface area contributed by atoms with E-state index in [1.807, 2.05) is 0 Å². The lowest BCUT2D eigenvalue weighted by atomic mass is 10.1. The van der Waals surface area contributed by atoms with Gasteiger partial charge in [0.25, 0.3) is 5.13 Å². The smallest absolute Gasteiger partial charge is 0.325 e. The van der Waals surface area contributed by atoms with Gasteiger partial charge in [-0.05, 0) is 6.08 Å². The number of halogens is 2. The van der Waals surface area contributed by atoms with E-state index >= 15 is 0 Å². The van der Waals surface area contributed by atoms with Crippen molar-refractivity contribution < 1.29 is 29.2 Å². The van der Waals surface area contributed by atoms with Crippen LogP contribution in [0.4, 0.5) is 9.18 Å². The Morgan fingerprint density at radius 2 is 2.28 bits per heavy atom. The van der Waals surface area contributed by atoms with Crippen LogP contribution in [0.25, 0.3) is 0 Å². The van der Waals surface area contributed by atoms with Crippen LogP contribution >= 0.6 is 11.6 Å². The van der Waals surface area contributed by atoms with Crippen LogP contribution in [0.5, 0.6) is 0 Å². The third-order valence-electron chi connectivity index (χ3n) is 2.75. The van der Waals surface area contributed by atoms with Gasteiger partial charge in [-0.3, -0.25) is 4.90 Å². The predicted octanol–water partition coefficient (Wildman–Crippen LogP) is -1.17. The van der Waals surface area contributed by atoms with Crippen molar-refractivity contribution in [1.82, 2.24) is 10.2 Å². The molecule has 2 rings (SSSR count). The Kier molecular flexibility index (Phi) is 3.47. The lowest BCUT2D eigenvalue weighted by Crippen LogP contribution is -2.55. The molecule has 5 atom stereocenters. The maximum atomic E-state index is 14.1. The van der Waals surface area contributed by atoms with E-state index in [0.29, 0.717) is 0 Å². The van der Waals surface area contributed by atoms with E-state index in [1.54, 1.807) is 0 Å². The average Bonchev–Trinajstić information content (AvgIpc) is 2.52. The van der Waals surface area contributed by atoms with E-state index < -0.39 is 42.4 Å². The second-order valence-electron chi connectivity index (χ2n) is 3.97. The van der Waals surface area contributed by atoms with Gasteiger partial charge in [0.15, 0.2) is 6.23 Å². The first kappa shape index (κ1) is 13.5. The van der Waals surface area contributed by atoms with Crippen molar-refractivity contribution in [2.45, 2.75) is 29.8 Å². The molecule has 4 N–H and O–H groups in total. The Morgan fingerprint density at radius 1 is 1.61 bits per heavy atom. The molecule has 2 heterocycles. The number of hydrogen-bond donors (Lipinski definition) is 4. The van der Waals surface area contributed by atoms with Crippen LogP contribution in [0, 0.1) is 0 Å². The molecule has 2 amide bonds. The number of amides is 2. The van der Waals surface area contributed by atoms with E-state index in [0.717, 1.165) is 11.1 Å². The molecule has 1 saturated heterocycles. The summed E-state index contributed by atoms with van der Waals surface area (Å²) in [5.74, 6) is 0. The number of ether oxygens (including phenoxy) is 1. The van der Waals surface area contributed by atoms with Gasteiger partial charge in [-0.25, -0.2) is 9.18 Å². The Bertz CT molecular complexity index is 380. The highest BCUT2D eigenvalue weighted by molar-refractivity contribution is 6.24. The molecule has 0 bridgehead atoms. The van der Waals surface area contributed by atoms with Gasteiger partial charge < -0.3 is 25.4 Å². The second kappa shape index (κ2) is 4.63. The molecule has 0 aliphatic carbocycles. The van der Waals surface area contributed by atoms with Crippen molar-refractivity contribution in [2.75, 3.05) is 6.61 Å². The van der Waals surface area contributed by atoms with Crippen molar-refractivity contribution in [3.8, 4) is 0 Å². The fourth-order valence-electron chi connectivity index (χ4n) is 1.79. The van der Waals surface area contributed by atoms with E-state index in [1.165, 1.54) is 6.08 Å². The highest BCUT2D eigenvalue weighted by Crippen LogP contribution is 2.40. The quantitative estimate of drug-likeness (QED) is 0.478. The molecule has 0 saturated carbocycles. The van der Waals surface area contributed by atoms with Gasteiger partial charge in [0.2, 0.25) is 0 Å². The molecule has 9 heteroatoms. The molecule has 7 nitrogen and oxygen atoms in total. The van der Waals surface area contributed by atoms with Crippen molar-refractivity contribution in [3.63, 3.8) is 0 Å². The molecule has 0 aromatic carbocycles. The first-order valence-electron chi connectivity index (χ1n) is 5.15. The van der Waals surface area contributed by atoms with E-state index in [9.17, 15) is 14.3 Å². The van der Waals surface area contributed by atoms with Crippen LogP contribution in [0.1, 0.15) is 0 Å². The topological polar surface area (TPSA) is 102 Å². The number of aliphatic hydroxyl groups excluding tert-OH is 3. The number of nitrogens with zero attached hydrogens (tertiary/aromatic N) is 1. The molecule has 0 spiro atoms. The number of hydrogen-bond acceptors (Lipinski definition) is 5. The first-order chi connectivity index (χ1) is 8.37. The lowest BCUT2D eigenvalue weighted by molar-refractivity contribution is -0.0640. The Labute approximate surface area is 106 Å². The normalized spacial score (nSPS) is 44.3. The maximum absolute atomic E-state index is 14.1. The second-order valence-corrected chi connectivity index (χ2v) is 4.55. The molecule has 102 valence electrons. The van der Waals surface area contributed by atoms with Crippen molar-refractivity contribution in [2.24, 2.45) is 0 Å². The third-order valence-corrected chi connectivity index (χ3v) is 3.16. The standard InChI is InChI=1S/C9H12ClFN2O5/c10-9(11)6(16)4(3-14)18-7(9)13-2-1-5(15)12-8(13)17/h1-2,4-7,14-16H,3H2,(H,12,17)/t4-,5?,6-,7-,9-/m1/s1. The molecule has 0 radical (unpaired) electrons. The Hall–Kier alpha value is -0.930. The van der Waals surface area contributed by atoms with Gasteiger partial charge in [0.05, 0.1) is 6.61 Å². The summed E-state index contributed by atoms with van der Waals surface area (Å²) in [6.45, 7) is -0.641. The molecule has 1 unspecified atom stereocenters. The van der Waals surface area contributed by atoms with Gasteiger partial charge in [0.1, 0.15) is 18.4 Å². The summed E-state index contributed by atoms with van der Waals surface area (Å²) in [7, 11) is 0. The van der Waals surface area contributed by atoms with Crippen LogP contribution in [-0.4, -0.2) is 62.6 Å².